The minimum absolute atomic E-state index is 0.0684. The van der Waals surface area contributed by atoms with Gasteiger partial charge >= 0.3 is 0 Å². The zero-order valence-electron chi connectivity index (χ0n) is 16.2. The van der Waals surface area contributed by atoms with E-state index in [0.29, 0.717) is 16.9 Å². The summed E-state index contributed by atoms with van der Waals surface area (Å²) in [4.78, 5) is 11.7. The number of hydrogen-bond donors (Lipinski definition) is 2. The fourth-order valence-electron chi connectivity index (χ4n) is 3.83. The zero-order chi connectivity index (χ0) is 19.7. The molecule has 2 aromatic carbocycles. The highest BCUT2D eigenvalue weighted by atomic mass is 19.1. The number of aryl methyl sites for hydroxylation is 1. The van der Waals surface area contributed by atoms with Gasteiger partial charge in [-0.1, -0.05) is 12.1 Å². The lowest BCUT2D eigenvalue weighted by atomic mass is 10.1. The molecule has 6 heteroatoms. The summed E-state index contributed by atoms with van der Waals surface area (Å²) in [5.74, 6) is -0.197. The monoisotopic (exact) mass is 380 g/mol. The molecular formula is C22H25FN4O. The molecule has 1 fully saturated rings. The van der Waals surface area contributed by atoms with Crippen LogP contribution in [-0.2, 0) is 0 Å². The summed E-state index contributed by atoms with van der Waals surface area (Å²) in [6.45, 7) is 5.62. The number of halogens is 1. The molecular weight excluding hydrogens is 355 g/mol. The van der Waals surface area contributed by atoms with E-state index in [1.165, 1.54) is 6.07 Å². The van der Waals surface area contributed by atoms with Gasteiger partial charge in [0.25, 0.3) is 0 Å². The Hall–Kier alpha value is -2.86. The Bertz CT molecular complexity index is 1030. The molecule has 0 amide bonds. The molecule has 2 N–H and O–H groups in total. The Morgan fingerprint density at radius 3 is 2.82 bits per heavy atom. The largest absolute Gasteiger partial charge is 0.494 e. The molecule has 5 nitrogen and oxygen atoms in total. The highest BCUT2D eigenvalue weighted by Crippen LogP contribution is 2.30. The maximum Gasteiger partial charge on any atom is 0.198 e. The summed E-state index contributed by atoms with van der Waals surface area (Å²) in [7, 11) is 2.10. The molecule has 0 atom stereocenters. The van der Waals surface area contributed by atoms with Crippen molar-refractivity contribution in [2.45, 2.75) is 13.3 Å². The van der Waals surface area contributed by atoms with E-state index in [4.69, 9.17) is 0 Å². The van der Waals surface area contributed by atoms with Crippen molar-refractivity contribution in [3.63, 3.8) is 0 Å². The minimum atomic E-state index is -0.265. The number of benzene rings is 2. The van der Waals surface area contributed by atoms with Gasteiger partial charge in [-0.25, -0.2) is 4.39 Å². The number of aromatic amines is 1. The number of rotatable bonds is 3. The number of hydrogen-bond acceptors (Lipinski definition) is 4. The van der Waals surface area contributed by atoms with Crippen molar-refractivity contribution in [1.82, 2.24) is 9.88 Å². The molecule has 146 valence electrons. The summed E-state index contributed by atoms with van der Waals surface area (Å²) >= 11 is 0. The topological polar surface area (TPSA) is 54.9 Å². The molecule has 1 saturated heterocycles. The molecule has 3 aromatic rings. The second kappa shape index (κ2) is 7.64. The average Bonchev–Trinajstić information content (AvgIpc) is 2.84. The first-order chi connectivity index (χ1) is 13.5. The summed E-state index contributed by atoms with van der Waals surface area (Å²) in [5, 5.41) is 11.1. The third-order valence-corrected chi connectivity index (χ3v) is 5.38. The van der Waals surface area contributed by atoms with Crippen LogP contribution in [0.4, 0.5) is 15.8 Å². The molecule has 28 heavy (non-hydrogen) atoms. The Morgan fingerprint density at radius 2 is 2.00 bits per heavy atom. The van der Waals surface area contributed by atoms with Crippen LogP contribution in [-0.4, -0.2) is 54.4 Å². The second-order valence-corrected chi connectivity index (χ2v) is 7.42. The molecule has 1 aromatic heterocycles. The van der Waals surface area contributed by atoms with E-state index in [9.17, 15) is 9.50 Å². The number of anilines is 1. The van der Waals surface area contributed by atoms with Crippen LogP contribution in [0.1, 0.15) is 17.5 Å². The maximum absolute atomic E-state index is 14.7. The number of aliphatic imine (C=N–C) groups is 1. The van der Waals surface area contributed by atoms with E-state index in [2.05, 4.69) is 26.8 Å². The van der Waals surface area contributed by atoms with E-state index in [1.807, 2.05) is 31.2 Å². The molecule has 0 bridgehead atoms. The number of aromatic nitrogens is 1. The Kier molecular flexibility index (Phi) is 5.05. The smallest absolute Gasteiger partial charge is 0.198 e. The van der Waals surface area contributed by atoms with Gasteiger partial charge in [-0.3, -0.25) is 4.99 Å². The normalized spacial score (nSPS) is 16.2. The molecule has 1 aliphatic rings. The highest BCUT2D eigenvalue weighted by Gasteiger charge is 2.16. The van der Waals surface area contributed by atoms with Crippen molar-refractivity contribution < 1.29 is 9.50 Å². The molecule has 0 unspecified atom stereocenters. The van der Waals surface area contributed by atoms with Crippen LogP contribution in [0, 0.1) is 12.7 Å². The Balaban J connectivity index is 1.60. The van der Waals surface area contributed by atoms with E-state index >= 15 is 0 Å². The lowest BCUT2D eigenvalue weighted by molar-refractivity contribution is 0.360. The standard InChI is InChI=1S/C22H25FN4O/c1-15-5-3-6-19-21(15)17(22(28)25-19)14-24-16-7-8-20(18(23)13-16)27-10-4-9-26(2)11-12-27/h3,5-8,13-14,25,28H,4,9-12H2,1-2H3. The van der Waals surface area contributed by atoms with Crippen LogP contribution in [0.5, 0.6) is 5.88 Å². The number of nitrogens with one attached hydrogen (secondary N) is 1. The maximum atomic E-state index is 14.7. The quantitative estimate of drug-likeness (QED) is 0.669. The van der Waals surface area contributed by atoms with Crippen molar-refractivity contribution in [3.05, 3.63) is 53.3 Å². The number of likely N-dealkylation sites (N-methyl/N-ethyl adjacent to an activating group) is 1. The molecule has 4 rings (SSSR count). The van der Waals surface area contributed by atoms with Gasteiger partial charge in [-0.15, -0.1) is 0 Å². The zero-order valence-corrected chi connectivity index (χ0v) is 16.2. The predicted octanol–water partition coefficient (Wildman–Crippen LogP) is 4.21. The predicted molar refractivity (Wildman–Crippen MR) is 113 cm³/mol. The van der Waals surface area contributed by atoms with E-state index in [0.717, 1.165) is 49.1 Å². The number of nitrogens with zero attached hydrogens (tertiary/aromatic N) is 3. The summed E-state index contributed by atoms with van der Waals surface area (Å²) in [6.07, 6.45) is 2.62. The van der Waals surface area contributed by atoms with Crippen molar-refractivity contribution in [2.24, 2.45) is 4.99 Å². The van der Waals surface area contributed by atoms with Gasteiger partial charge in [-0.05, 0) is 50.7 Å². The van der Waals surface area contributed by atoms with E-state index < -0.39 is 0 Å². The van der Waals surface area contributed by atoms with E-state index in [-0.39, 0.29) is 11.7 Å². The van der Waals surface area contributed by atoms with Gasteiger partial charge in [0.15, 0.2) is 5.88 Å². The van der Waals surface area contributed by atoms with Crippen LogP contribution in [0.3, 0.4) is 0 Å². The Morgan fingerprint density at radius 1 is 1.14 bits per heavy atom. The van der Waals surface area contributed by atoms with Crippen LogP contribution < -0.4 is 4.90 Å². The summed E-state index contributed by atoms with van der Waals surface area (Å²) < 4.78 is 14.7. The molecule has 0 saturated carbocycles. The van der Waals surface area contributed by atoms with Gasteiger partial charge in [0.05, 0.1) is 16.9 Å². The molecule has 0 aliphatic carbocycles. The van der Waals surface area contributed by atoms with Crippen LogP contribution in [0.15, 0.2) is 41.4 Å². The minimum Gasteiger partial charge on any atom is -0.494 e. The fraction of sp³-hybridized carbons (Fsp3) is 0.318. The van der Waals surface area contributed by atoms with Gasteiger partial charge in [-0.2, -0.15) is 0 Å². The number of fused-ring (bicyclic) bond motifs is 1. The third-order valence-electron chi connectivity index (χ3n) is 5.38. The van der Waals surface area contributed by atoms with Gasteiger partial charge in [0, 0.05) is 42.8 Å². The van der Waals surface area contributed by atoms with Crippen LogP contribution >= 0.6 is 0 Å². The fourth-order valence-corrected chi connectivity index (χ4v) is 3.83. The van der Waals surface area contributed by atoms with Crippen LogP contribution in [0.25, 0.3) is 10.9 Å². The van der Waals surface area contributed by atoms with Gasteiger partial charge in [0.2, 0.25) is 0 Å². The van der Waals surface area contributed by atoms with Crippen molar-refractivity contribution in [1.29, 1.82) is 0 Å². The Labute approximate surface area is 164 Å². The molecule has 2 heterocycles. The molecule has 0 spiro atoms. The second-order valence-electron chi connectivity index (χ2n) is 7.42. The molecule has 0 radical (unpaired) electrons. The van der Waals surface area contributed by atoms with Crippen LogP contribution in [0.2, 0.25) is 0 Å². The summed E-state index contributed by atoms with van der Waals surface area (Å²) in [6, 6.07) is 10.9. The lowest BCUT2D eigenvalue weighted by Gasteiger charge is -2.23. The van der Waals surface area contributed by atoms with Crippen molar-refractivity contribution in [2.75, 3.05) is 38.1 Å². The first kappa shape index (κ1) is 18.5. The highest BCUT2D eigenvalue weighted by molar-refractivity contribution is 6.04. The van der Waals surface area contributed by atoms with E-state index in [1.54, 1.807) is 12.3 Å². The van der Waals surface area contributed by atoms with Gasteiger partial charge in [0.1, 0.15) is 5.82 Å². The van der Waals surface area contributed by atoms with Gasteiger partial charge < -0.3 is 19.9 Å². The number of aromatic hydroxyl groups is 1. The average molecular weight is 380 g/mol. The van der Waals surface area contributed by atoms with Crippen molar-refractivity contribution >= 4 is 28.5 Å². The number of H-pyrrole nitrogens is 1. The van der Waals surface area contributed by atoms with Crippen molar-refractivity contribution in [3.8, 4) is 5.88 Å². The lowest BCUT2D eigenvalue weighted by Crippen LogP contribution is -2.29. The molecule has 1 aliphatic heterocycles. The SMILES string of the molecule is Cc1cccc2[nH]c(O)c(C=Nc3ccc(N4CCCN(C)CC4)c(F)c3)c12. The third kappa shape index (κ3) is 3.60. The first-order valence-electron chi connectivity index (χ1n) is 9.60. The first-order valence-corrected chi connectivity index (χ1v) is 9.60. The summed E-state index contributed by atoms with van der Waals surface area (Å²) in [5.41, 5.74) is 3.67.